The highest BCUT2D eigenvalue weighted by Crippen LogP contribution is 2.28. The number of nitrogens with one attached hydrogen (secondary N) is 1. The molecule has 0 heterocycles. The van der Waals surface area contributed by atoms with Gasteiger partial charge in [0.2, 0.25) is 0 Å². The lowest BCUT2D eigenvalue weighted by Gasteiger charge is -2.22. The van der Waals surface area contributed by atoms with Gasteiger partial charge in [-0.15, -0.1) is 0 Å². The van der Waals surface area contributed by atoms with Crippen LogP contribution in [0.15, 0.2) is 22.7 Å². The summed E-state index contributed by atoms with van der Waals surface area (Å²) in [4.78, 5) is 0. The molecule has 2 atom stereocenters. The van der Waals surface area contributed by atoms with Gasteiger partial charge in [-0.2, -0.15) is 0 Å². The van der Waals surface area contributed by atoms with E-state index in [4.69, 9.17) is 0 Å². The summed E-state index contributed by atoms with van der Waals surface area (Å²) >= 11 is 3.42. The second-order valence-corrected chi connectivity index (χ2v) is 5.82. The zero-order valence-electron chi connectivity index (χ0n) is 11.5. The third kappa shape index (κ3) is 4.69. The summed E-state index contributed by atoms with van der Waals surface area (Å²) in [5.41, 5.74) is 0.772. The molecule has 102 valence electrons. The molecule has 0 spiro atoms. The van der Waals surface area contributed by atoms with Gasteiger partial charge in [0.1, 0.15) is 5.82 Å². The van der Waals surface area contributed by atoms with Crippen LogP contribution in [0.1, 0.15) is 51.6 Å². The van der Waals surface area contributed by atoms with Crippen LogP contribution >= 0.6 is 15.9 Å². The maximum absolute atomic E-state index is 13.9. The third-order valence-corrected chi connectivity index (χ3v) is 3.70. The Kier molecular flexibility index (Phi) is 6.87. The molecule has 1 aromatic carbocycles. The highest BCUT2D eigenvalue weighted by Gasteiger charge is 2.17. The minimum atomic E-state index is -0.118. The zero-order valence-corrected chi connectivity index (χ0v) is 13.1. The molecule has 1 N–H and O–H groups in total. The van der Waals surface area contributed by atoms with E-state index >= 15 is 0 Å². The molecule has 0 saturated heterocycles. The minimum absolute atomic E-state index is 0.106. The van der Waals surface area contributed by atoms with Gasteiger partial charge in [0.05, 0.1) is 0 Å². The van der Waals surface area contributed by atoms with E-state index in [0.717, 1.165) is 23.0 Å². The van der Waals surface area contributed by atoms with Crippen molar-refractivity contribution in [3.8, 4) is 0 Å². The molecule has 0 aliphatic heterocycles. The minimum Gasteiger partial charge on any atom is -0.310 e. The largest absolute Gasteiger partial charge is 0.310 e. The molecule has 1 rings (SSSR count). The van der Waals surface area contributed by atoms with E-state index in [2.05, 4.69) is 42.0 Å². The molecule has 1 nitrogen and oxygen atoms in total. The number of hydrogen-bond donors (Lipinski definition) is 1. The molecular formula is C15H23BrFN. The van der Waals surface area contributed by atoms with Crippen molar-refractivity contribution in [1.82, 2.24) is 5.32 Å². The molecule has 0 aliphatic rings. The first-order valence-corrected chi connectivity index (χ1v) is 7.56. The molecule has 0 aliphatic carbocycles. The van der Waals surface area contributed by atoms with Gasteiger partial charge in [0.15, 0.2) is 0 Å². The van der Waals surface area contributed by atoms with E-state index in [1.54, 1.807) is 6.07 Å². The van der Waals surface area contributed by atoms with E-state index in [9.17, 15) is 4.39 Å². The Balaban J connectivity index is 2.85. The molecule has 0 aromatic heterocycles. The average molecular weight is 316 g/mol. The van der Waals surface area contributed by atoms with Crippen molar-refractivity contribution in [2.75, 3.05) is 6.54 Å². The van der Waals surface area contributed by atoms with Crippen molar-refractivity contribution in [2.24, 2.45) is 5.92 Å². The third-order valence-electron chi connectivity index (χ3n) is 3.20. The van der Waals surface area contributed by atoms with Crippen molar-refractivity contribution in [1.29, 1.82) is 0 Å². The predicted molar refractivity (Wildman–Crippen MR) is 79.2 cm³/mol. The second kappa shape index (κ2) is 7.90. The van der Waals surface area contributed by atoms with Crippen LogP contribution in [0.4, 0.5) is 4.39 Å². The van der Waals surface area contributed by atoms with Crippen molar-refractivity contribution < 1.29 is 4.39 Å². The molecule has 2 unspecified atom stereocenters. The van der Waals surface area contributed by atoms with Crippen LogP contribution in [0.2, 0.25) is 0 Å². The van der Waals surface area contributed by atoms with Gasteiger partial charge in [-0.25, -0.2) is 4.39 Å². The van der Waals surface area contributed by atoms with E-state index in [1.807, 2.05) is 6.07 Å². The summed E-state index contributed by atoms with van der Waals surface area (Å²) in [5.74, 6) is 0.491. The first-order chi connectivity index (χ1) is 8.58. The summed E-state index contributed by atoms with van der Waals surface area (Å²) in [7, 11) is 0. The molecule has 3 heteroatoms. The van der Waals surface area contributed by atoms with Gasteiger partial charge >= 0.3 is 0 Å². The second-order valence-electron chi connectivity index (χ2n) is 4.91. The van der Waals surface area contributed by atoms with Gasteiger partial charge in [0, 0.05) is 16.1 Å². The highest BCUT2D eigenvalue weighted by molar-refractivity contribution is 9.10. The SMILES string of the molecule is CCCC(C)CC(NCC)c1cc(Br)ccc1F. The average Bonchev–Trinajstić information content (AvgIpc) is 2.32. The fourth-order valence-corrected chi connectivity index (χ4v) is 2.74. The van der Waals surface area contributed by atoms with Gasteiger partial charge < -0.3 is 5.32 Å². The number of halogens is 2. The number of rotatable bonds is 7. The summed E-state index contributed by atoms with van der Waals surface area (Å²) in [6.45, 7) is 7.35. The maximum atomic E-state index is 13.9. The van der Waals surface area contributed by atoms with E-state index < -0.39 is 0 Å². The normalized spacial score (nSPS) is 14.5. The Morgan fingerprint density at radius 2 is 2.06 bits per heavy atom. The standard InChI is InChI=1S/C15H23BrFN/c1-4-6-11(3)9-15(18-5-2)13-10-12(16)7-8-14(13)17/h7-8,10-11,15,18H,4-6,9H2,1-3H3. The van der Waals surface area contributed by atoms with Crippen LogP contribution in [0.3, 0.4) is 0 Å². The topological polar surface area (TPSA) is 12.0 Å². The summed E-state index contributed by atoms with van der Waals surface area (Å²) in [5, 5.41) is 3.40. The van der Waals surface area contributed by atoms with Crippen molar-refractivity contribution in [2.45, 2.75) is 46.1 Å². The molecule has 0 radical (unpaired) electrons. The van der Waals surface area contributed by atoms with Gasteiger partial charge in [0.25, 0.3) is 0 Å². The first kappa shape index (κ1) is 15.6. The maximum Gasteiger partial charge on any atom is 0.128 e. The predicted octanol–water partition coefficient (Wildman–Crippen LogP) is 5.07. The Hall–Kier alpha value is -0.410. The molecule has 18 heavy (non-hydrogen) atoms. The van der Waals surface area contributed by atoms with Gasteiger partial charge in [-0.3, -0.25) is 0 Å². The fourth-order valence-electron chi connectivity index (χ4n) is 2.36. The smallest absolute Gasteiger partial charge is 0.128 e. The van der Waals surface area contributed by atoms with Gasteiger partial charge in [-0.05, 0) is 37.1 Å². The summed E-state index contributed by atoms with van der Waals surface area (Å²) < 4.78 is 14.9. The lowest BCUT2D eigenvalue weighted by atomic mass is 9.92. The zero-order chi connectivity index (χ0) is 13.5. The lowest BCUT2D eigenvalue weighted by molar-refractivity contribution is 0.386. The Morgan fingerprint density at radius 1 is 1.33 bits per heavy atom. The molecular weight excluding hydrogens is 293 g/mol. The molecule has 1 aromatic rings. The van der Waals surface area contributed by atoms with E-state index in [1.165, 1.54) is 18.9 Å². The molecule has 0 saturated carbocycles. The van der Waals surface area contributed by atoms with Crippen molar-refractivity contribution in [3.63, 3.8) is 0 Å². The Bertz CT molecular complexity index is 368. The van der Waals surface area contributed by atoms with Crippen LogP contribution in [-0.4, -0.2) is 6.54 Å². The number of benzene rings is 1. The summed E-state index contributed by atoms with van der Waals surface area (Å²) in [6, 6.07) is 5.28. The van der Waals surface area contributed by atoms with Crippen LogP contribution in [0.25, 0.3) is 0 Å². The quantitative estimate of drug-likeness (QED) is 0.741. The highest BCUT2D eigenvalue weighted by atomic mass is 79.9. The van der Waals surface area contributed by atoms with Crippen molar-refractivity contribution in [3.05, 3.63) is 34.1 Å². The summed E-state index contributed by atoms with van der Waals surface area (Å²) in [6.07, 6.45) is 3.35. The molecule has 0 amide bonds. The fraction of sp³-hybridized carbons (Fsp3) is 0.600. The lowest BCUT2D eigenvalue weighted by Crippen LogP contribution is -2.24. The Labute approximate surface area is 118 Å². The Morgan fingerprint density at radius 3 is 2.67 bits per heavy atom. The van der Waals surface area contributed by atoms with Crippen molar-refractivity contribution >= 4 is 15.9 Å². The molecule has 0 bridgehead atoms. The van der Waals surface area contributed by atoms with E-state index in [0.29, 0.717) is 5.92 Å². The van der Waals surface area contributed by atoms with Crippen LogP contribution in [-0.2, 0) is 0 Å². The first-order valence-electron chi connectivity index (χ1n) is 6.76. The van der Waals surface area contributed by atoms with Crippen LogP contribution < -0.4 is 5.32 Å². The van der Waals surface area contributed by atoms with Crippen LogP contribution in [0.5, 0.6) is 0 Å². The number of hydrogen-bond acceptors (Lipinski definition) is 1. The van der Waals surface area contributed by atoms with Crippen LogP contribution in [0, 0.1) is 11.7 Å². The molecule has 0 fully saturated rings. The van der Waals surface area contributed by atoms with E-state index in [-0.39, 0.29) is 11.9 Å². The monoisotopic (exact) mass is 315 g/mol. The van der Waals surface area contributed by atoms with Gasteiger partial charge in [-0.1, -0.05) is 49.5 Å².